The lowest BCUT2D eigenvalue weighted by Crippen LogP contribution is -2.27. The Balaban J connectivity index is 1.49. The van der Waals surface area contributed by atoms with Crippen LogP contribution in [0.3, 0.4) is 0 Å². The number of nitrogens with zero attached hydrogens (tertiary/aromatic N) is 3. The monoisotopic (exact) mass is 377 g/mol. The summed E-state index contributed by atoms with van der Waals surface area (Å²) in [6.45, 7) is 0.234. The number of hydrogen-bond donors (Lipinski definition) is 2. The van der Waals surface area contributed by atoms with Gasteiger partial charge in [0.05, 0.1) is 17.0 Å². The Bertz CT molecular complexity index is 1200. The Kier molecular flexibility index (Phi) is 4.67. The number of benzene rings is 1. The fourth-order valence-corrected chi connectivity index (χ4v) is 2.89. The van der Waals surface area contributed by atoms with Gasteiger partial charge in [0.1, 0.15) is 5.82 Å². The third kappa shape index (κ3) is 3.52. The number of hydrogen-bond acceptors (Lipinski definition) is 4. The zero-order valence-corrected chi connectivity index (χ0v) is 14.7. The molecule has 0 saturated carbocycles. The Morgan fingerprint density at radius 3 is 2.71 bits per heavy atom. The van der Waals surface area contributed by atoms with E-state index in [0.29, 0.717) is 17.8 Å². The van der Waals surface area contributed by atoms with E-state index in [1.165, 1.54) is 28.8 Å². The molecular formula is C20H16FN5O2. The molecule has 3 aromatic heterocycles. The molecule has 3 heterocycles. The summed E-state index contributed by atoms with van der Waals surface area (Å²) < 4.78 is 15.0. The highest BCUT2D eigenvalue weighted by Gasteiger charge is 2.11. The summed E-state index contributed by atoms with van der Waals surface area (Å²) >= 11 is 0. The molecule has 0 unspecified atom stereocenters. The van der Waals surface area contributed by atoms with Crippen molar-refractivity contribution in [1.82, 2.24) is 24.9 Å². The van der Waals surface area contributed by atoms with Crippen LogP contribution < -0.4 is 10.9 Å². The molecule has 0 spiro atoms. The van der Waals surface area contributed by atoms with Crippen LogP contribution in [0.15, 0.2) is 65.7 Å². The lowest BCUT2D eigenvalue weighted by atomic mass is 10.2. The highest BCUT2D eigenvalue weighted by Crippen LogP contribution is 2.17. The number of aromatic amines is 1. The van der Waals surface area contributed by atoms with Crippen LogP contribution in [-0.4, -0.2) is 32.0 Å². The Hall–Kier alpha value is -3.81. The van der Waals surface area contributed by atoms with E-state index >= 15 is 0 Å². The van der Waals surface area contributed by atoms with Crippen LogP contribution in [0.25, 0.3) is 16.9 Å². The number of carbonyl (C=O) groups is 1. The van der Waals surface area contributed by atoms with E-state index in [-0.39, 0.29) is 17.7 Å². The van der Waals surface area contributed by atoms with E-state index < -0.39 is 11.7 Å². The minimum absolute atomic E-state index is 0.0152. The van der Waals surface area contributed by atoms with Gasteiger partial charge in [-0.25, -0.2) is 13.9 Å². The second-order valence-electron chi connectivity index (χ2n) is 6.17. The lowest BCUT2D eigenvalue weighted by Gasteiger charge is -2.06. The van der Waals surface area contributed by atoms with E-state index in [9.17, 15) is 14.0 Å². The Morgan fingerprint density at radius 1 is 1.14 bits per heavy atom. The van der Waals surface area contributed by atoms with Gasteiger partial charge >= 0.3 is 0 Å². The van der Waals surface area contributed by atoms with Gasteiger partial charge in [-0.05, 0) is 24.3 Å². The predicted octanol–water partition coefficient (Wildman–Crippen LogP) is 2.20. The molecule has 0 bridgehead atoms. The molecule has 28 heavy (non-hydrogen) atoms. The lowest BCUT2D eigenvalue weighted by molar-refractivity contribution is 0.0950. The van der Waals surface area contributed by atoms with Gasteiger partial charge in [0.15, 0.2) is 5.65 Å². The highest BCUT2D eigenvalue weighted by molar-refractivity contribution is 5.94. The van der Waals surface area contributed by atoms with Gasteiger partial charge in [-0.3, -0.25) is 19.7 Å². The molecular weight excluding hydrogens is 361 g/mol. The van der Waals surface area contributed by atoms with E-state index in [1.54, 1.807) is 24.5 Å². The van der Waals surface area contributed by atoms with Crippen molar-refractivity contribution in [2.45, 2.75) is 6.42 Å². The van der Waals surface area contributed by atoms with Crippen molar-refractivity contribution >= 4 is 11.6 Å². The number of amides is 1. The van der Waals surface area contributed by atoms with Crippen LogP contribution in [0.1, 0.15) is 16.1 Å². The number of pyridine rings is 1. The van der Waals surface area contributed by atoms with Crippen LogP contribution in [-0.2, 0) is 6.42 Å². The Labute approximate surface area is 158 Å². The topological polar surface area (TPSA) is 92.2 Å². The number of aromatic nitrogens is 4. The maximum Gasteiger partial charge on any atom is 0.272 e. The van der Waals surface area contributed by atoms with Crippen molar-refractivity contribution < 1.29 is 9.18 Å². The van der Waals surface area contributed by atoms with E-state index in [4.69, 9.17) is 0 Å². The summed E-state index contributed by atoms with van der Waals surface area (Å²) in [5.41, 5.74) is 2.39. The minimum Gasteiger partial charge on any atom is -0.352 e. The van der Waals surface area contributed by atoms with E-state index in [1.807, 2.05) is 12.1 Å². The fourth-order valence-electron chi connectivity index (χ4n) is 2.89. The molecule has 4 rings (SSSR count). The van der Waals surface area contributed by atoms with Gasteiger partial charge in [0.25, 0.3) is 11.5 Å². The Morgan fingerprint density at radius 2 is 1.93 bits per heavy atom. The average Bonchev–Trinajstić information content (AvgIpc) is 3.14. The van der Waals surface area contributed by atoms with E-state index in [0.717, 1.165) is 11.3 Å². The van der Waals surface area contributed by atoms with Crippen LogP contribution in [0.4, 0.5) is 4.39 Å². The first-order chi connectivity index (χ1) is 13.6. The van der Waals surface area contributed by atoms with Gasteiger partial charge in [-0.15, -0.1) is 0 Å². The van der Waals surface area contributed by atoms with Crippen molar-refractivity contribution in [2.75, 3.05) is 6.54 Å². The summed E-state index contributed by atoms with van der Waals surface area (Å²) in [4.78, 5) is 32.8. The van der Waals surface area contributed by atoms with Crippen LogP contribution in [0.2, 0.25) is 0 Å². The normalized spacial score (nSPS) is 10.9. The van der Waals surface area contributed by atoms with E-state index in [2.05, 4.69) is 20.4 Å². The van der Waals surface area contributed by atoms with Crippen molar-refractivity contribution in [3.63, 3.8) is 0 Å². The third-order valence-corrected chi connectivity index (χ3v) is 4.28. The van der Waals surface area contributed by atoms with Crippen LogP contribution >= 0.6 is 0 Å². The SMILES string of the molecule is O=C(NCCc1cc(=O)n2[nH]c(-c3ccncc3)cc2n1)c1ccccc1F. The summed E-state index contributed by atoms with van der Waals surface area (Å²) in [6.07, 6.45) is 3.68. The number of carbonyl (C=O) groups excluding carboxylic acids is 1. The zero-order valence-electron chi connectivity index (χ0n) is 14.7. The molecule has 0 aliphatic heterocycles. The van der Waals surface area contributed by atoms with Gasteiger partial charge in [-0.2, -0.15) is 0 Å². The quantitative estimate of drug-likeness (QED) is 0.558. The first-order valence-corrected chi connectivity index (χ1v) is 8.66. The largest absolute Gasteiger partial charge is 0.352 e. The molecule has 2 N–H and O–H groups in total. The maximum atomic E-state index is 13.6. The first kappa shape index (κ1) is 17.6. The zero-order chi connectivity index (χ0) is 19.5. The van der Waals surface area contributed by atoms with Gasteiger partial charge in [-0.1, -0.05) is 12.1 Å². The van der Waals surface area contributed by atoms with Crippen molar-refractivity contribution in [2.24, 2.45) is 0 Å². The molecule has 4 aromatic rings. The van der Waals surface area contributed by atoms with Gasteiger partial charge in [0, 0.05) is 43.1 Å². The van der Waals surface area contributed by atoms with Crippen LogP contribution in [0.5, 0.6) is 0 Å². The van der Waals surface area contributed by atoms with Crippen molar-refractivity contribution in [1.29, 1.82) is 0 Å². The average molecular weight is 377 g/mol. The fraction of sp³-hybridized carbons (Fsp3) is 0.100. The molecule has 7 nitrogen and oxygen atoms in total. The molecule has 8 heteroatoms. The smallest absolute Gasteiger partial charge is 0.272 e. The predicted molar refractivity (Wildman–Crippen MR) is 101 cm³/mol. The molecule has 140 valence electrons. The number of halogens is 1. The van der Waals surface area contributed by atoms with Crippen molar-refractivity contribution in [3.8, 4) is 11.3 Å². The second kappa shape index (κ2) is 7.43. The maximum absolute atomic E-state index is 13.6. The molecule has 1 amide bonds. The van der Waals surface area contributed by atoms with Gasteiger partial charge in [0.2, 0.25) is 0 Å². The molecule has 0 saturated heterocycles. The summed E-state index contributed by atoms with van der Waals surface area (Å²) in [5, 5.41) is 5.66. The number of fused-ring (bicyclic) bond motifs is 1. The number of nitrogens with one attached hydrogen (secondary N) is 2. The minimum atomic E-state index is -0.575. The molecule has 0 atom stereocenters. The van der Waals surface area contributed by atoms with Gasteiger partial charge < -0.3 is 5.32 Å². The number of H-pyrrole nitrogens is 1. The number of rotatable bonds is 5. The highest BCUT2D eigenvalue weighted by atomic mass is 19.1. The molecule has 1 aromatic carbocycles. The third-order valence-electron chi connectivity index (χ3n) is 4.28. The molecule has 0 fully saturated rings. The molecule has 0 aliphatic carbocycles. The standard InChI is InChI=1S/C20H16FN5O2/c21-16-4-2-1-3-15(16)20(28)23-10-7-14-11-19(27)26-18(24-14)12-17(25-26)13-5-8-22-9-6-13/h1-6,8-9,11-12,25H,7,10H2,(H,23,28). The summed E-state index contributed by atoms with van der Waals surface area (Å²) in [6, 6.07) is 12.6. The molecule has 0 radical (unpaired) electrons. The summed E-state index contributed by atoms with van der Waals surface area (Å²) in [7, 11) is 0. The first-order valence-electron chi connectivity index (χ1n) is 8.66. The summed E-state index contributed by atoms with van der Waals surface area (Å²) in [5.74, 6) is -1.08. The second-order valence-corrected chi connectivity index (χ2v) is 6.17. The van der Waals surface area contributed by atoms with Crippen molar-refractivity contribution in [3.05, 3.63) is 88.4 Å². The molecule has 0 aliphatic rings. The van der Waals surface area contributed by atoms with Crippen LogP contribution in [0, 0.1) is 5.82 Å².